The Morgan fingerprint density at radius 2 is 2.33 bits per heavy atom. The monoisotopic (exact) mass is 222 g/mol. The molecule has 0 bridgehead atoms. The van der Waals surface area contributed by atoms with Crippen molar-refractivity contribution in [1.82, 2.24) is 0 Å². The standard InChI is InChI=1S/C12H14O2S/c1-7-10-8(6-15-7)2-3-9(11(13)14)12(10)4-5-12/h6,9H,2-5H2,1H3,(H,13,14). The zero-order chi connectivity index (χ0) is 10.6. The molecule has 0 aliphatic heterocycles. The summed E-state index contributed by atoms with van der Waals surface area (Å²) in [7, 11) is 0. The number of carboxylic acids is 1. The SMILES string of the molecule is Cc1scc2c1C1(CC1)C(C(=O)O)CC2. The second-order valence-electron chi connectivity index (χ2n) is 4.78. The number of aryl methyl sites for hydroxylation is 2. The van der Waals surface area contributed by atoms with E-state index in [1.807, 2.05) is 0 Å². The van der Waals surface area contributed by atoms with Gasteiger partial charge in [-0.3, -0.25) is 4.79 Å². The quantitative estimate of drug-likeness (QED) is 0.793. The lowest BCUT2D eigenvalue weighted by atomic mass is 9.73. The van der Waals surface area contributed by atoms with Crippen LogP contribution in [-0.4, -0.2) is 11.1 Å². The second-order valence-corrected chi connectivity index (χ2v) is 5.86. The zero-order valence-electron chi connectivity index (χ0n) is 8.75. The van der Waals surface area contributed by atoms with Gasteiger partial charge in [0.25, 0.3) is 0 Å². The Bertz CT molecular complexity index is 429. The van der Waals surface area contributed by atoms with Gasteiger partial charge in [-0.25, -0.2) is 0 Å². The largest absolute Gasteiger partial charge is 0.481 e. The van der Waals surface area contributed by atoms with E-state index in [0.29, 0.717) is 0 Å². The molecule has 2 aliphatic carbocycles. The molecule has 1 N–H and O–H groups in total. The van der Waals surface area contributed by atoms with E-state index in [1.54, 1.807) is 11.3 Å². The van der Waals surface area contributed by atoms with Gasteiger partial charge >= 0.3 is 5.97 Å². The van der Waals surface area contributed by atoms with E-state index >= 15 is 0 Å². The predicted molar refractivity (Wildman–Crippen MR) is 59.4 cm³/mol. The van der Waals surface area contributed by atoms with Crippen LogP contribution in [0.5, 0.6) is 0 Å². The van der Waals surface area contributed by atoms with Crippen molar-refractivity contribution in [2.24, 2.45) is 5.92 Å². The molecule has 2 aliphatic rings. The summed E-state index contributed by atoms with van der Waals surface area (Å²) in [4.78, 5) is 12.6. The fourth-order valence-electron chi connectivity index (χ4n) is 3.20. The molecule has 3 rings (SSSR count). The van der Waals surface area contributed by atoms with Crippen LogP contribution in [0.3, 0.4) is 0 Å². The smallest absolute Gasteiger partial charge is 0.307 e. The van der Waals surface area contributed by atoms with E-state index < -0.39 is 5.97 Å². The Kier molecular flexibility index (Phi) is 1.78. The summed E-state index contributed by atoms with van der Waals surface area (Å²) >= 11 is 1.78. The number of aliphatic carboxylic acids is 1. The van der Waals surface area contributed by atoms with Crippen molar-refractivity contribution in [3.63, 3.8) is 0 Å². The molecule has 0 radical (unpaired) electrons. The molecule has 2 nitrogen and oxygen atoms in total. The third-order valence-corrected chi connectivity index (χ3v) is 4.97. The van der Waals surface area contributed by atoms with Gasteiger partial charge in [0.05, 0.1) is 5.92 Å². The van der Waals surface area contributed by atoms with Crippen LogP contribution in [-0.2, 0) is 16.6 Å². The lowest BCUT2D eigenvalue weighted by Crippen LogP contribution is -2.33. The van der Waals surface area contributed by atoms with Gasteiger partial charge < -0.3 is 5.11 Å². The number of thiophene rings is 1. The molecule has 3 heteroatoms. The van der Waals surface area contributed by atoms with Gasteiger partial charge in [-0.05, 0) is 49.1 Å². The first kappa shape index (κ1) is 9.40. The fourth-order valence-corrected chi connectivity index (χ4v) is 4.21. The predicted octanol–water partition coefficient (Wildman–Crippen LogP) is 2.74. The third-order valence-electron chi connectivity index (χ3n) is 4.01. The minimum absolute atomic E-state index is 0.0312. The molecule has 0 aromatic carbocycles. The maximum Gasteiger partial charge on any atom is 0.307 e. The van der Waals surface area contributed by atoms with Crippen molar-refractivity contribution >= 4 is 17.3 Å². The maximum absolute atomic E-state index is 11.3. The van der Waals surface area contributed by atoms with Crippen molar-refractivity contribution in [2.45, 2.75) is 38.0 Å². The lowest BCUT2D eigenvalue weighted by molar-refractivity contribution is -0.143. The molecular formula is C12H14O2S. The minimum Gasteiger partial charge on any atom is -0.481 e. The number of carboxylic acid groups (broad SMARTS) is 1. The summed E-state index contributed by atoms with van der Waals surface area (Å²) in [5, 5.41) is 11.5. The minimum atomic E-state index is -0.594. The number of fused-ring (bicyclic) bond motifs is 2. The summed E-state index contributed by atoms with van der Waals surface area (Å²) in [5.41, 5.74) is 2.85. The maximum atomic E-state index is 11.3. The third kappa shape index (κ3) is 1.13. The topological polar surface area (TPSA) is 37.3 Å². The highest BCUT2D eigenvalue weighted by atomic mass is 32.1. The van der Waals surface area contributed by atoms with Crippen LogP contribution in [0, 0.1) is 12.8 Å². The Hall–Kier alpha value is -0.830. The average molecular weight is 222 g/mol. The molecule has 1 fully saturated rings. The van der Waals surface area contributed by atoms with Gasteiger partial charge in [0, 0.05) is 10.3 Å². The van der Waals surface area contributed by atoms with Crippen LogP contribution in [0.1, 0.15) is 35.3 Å². The van der Waals surface area contributed by atoms with Crippen molar-refractivity contribution in [3.05, 3.63) is 21.4 Å². The normalized spacial score (nSPS) is 26.3. The van der Waals surface area contributed by atoms with E-state index in [2.05, 4.69) is 12.3 Å². The van der Waals surface area contributed by atoms with Gasteiger partial charge in [0.2, 0.25) is 0 Å². The first-order valence-corrected chi connectivity index (χ1v) is 6.33. The Balaban J connectivity index is 2.12. The first-order valence-electron chi connectivity index (χ1n) is 5.45. The number of hydrogen-bond donors (Lipinski definition) is 1. The number of hydrogen-bond acceptors (Lipinski definition) is 2. The highest BCUT2D eigenvalue weighted by Crippen LogP contribution is 2.60. The van der Waals surface area contributed by atoms with Crippen LogP contribution < -0.4 is 0 Å². The summed E-state index contributed by atoms with van der Waals surface area (Å²) in [5.74, 6) is -0.720. The van der Waals surface area contributed by atoms with Crippen molar-refractivity contribution in [1.29, 1.82) is 0 Å². The van der Waals surface area contributed by atoms with E-state index in [9.17, 15) is 9.90 Å². The van der Waals surface area contributed by atoms with Crippen LogP contribution in [0.4, 0.5) is 0 Å². The number of rotatable bonds is 1. The molecule has 80 valence electrons. The van der Waals surface area contributed by atoms with E-state index in [1.165, 1.54) is 16.0 Å². The highest BCUT2D eigenvalue weighted by molar-refractivity contribution is 7.10. The molecule has 1 aromatic rings. The fraction of sp³-hybridized carbons (Fsp3) is 0.583. The molecular weight excluding hydrogens is 208 g/mol. The second kappa shape index (κ2) is 2.85. The van der Waals surface area contributed by atoms with Crippen molar-refractivity contribution in [3.8, 4) is 0 Å². The van der Waals surface area contributed by atoms with Gasteiger partial charge in [-0.2, -0.15) is 0 Å². The molecule has 1 aromatic heterocycles. The van der Waals surface area contributed by atoms with Crippen LogP contribution in [0.2, 0.25) is 0 Å². The molecule has 1 heterocycles. The summed E-state index contributed by atoms with van der Waals surface area (Å²) in [6.45, 7) is 2.13. The first-order chi connectivity index (χ1) is 7.15. The Morgan fingerprint density at radius 3 is 2.93 bits per heavy atom. The molecule has 15 heavy (non-hydrogen) atoms. The van der Waals surface area contributed by atoms with E-state index in [0.717, 1.165) is 25.7 Å². The summed E-state index contributed by atoms with van der Waals surface area (Å²) in [6, 6.07) is 0. The van der Waals surface area contributed by atoms with Crippen LogP contribution in [0.15, 0.2) is 5.38 Å². The van der Waals surface area contributed by atoms with Crippen molar-refractivity contribution < 1.29 is 9.90 Å². The number of carbonyl (C=O) groups is 1. The van der Waals surface area contributed by atoms with Gasteiger partial charge in [0.15, 0.2) is 0 Å². The molecule has 1 saturated carbocycles. The Morgan fingerprint density at radius 1 is 1.60 bits per heavy atom. The summed E-state index contributed by atoms with van der Waals surface area (Å²) < 4.78 is 0. The molecule has 0 amide bonds. The highest BCUT2D eigenvalue weighted by Gasteiger charge is 2.57. The van der Waals surface area contributed by atoms with Gasteiger partial charge in [-0.1, -0.05) is 0 Å². The zero-order valence-corrected chi connectivity index (χ0v) is 9.56. The molecule has 1 spiro atoms. The van der Waals surface area contributed by atoms with E-state index in [-0.39, 0.29) is 11.3 Å². The molecule has 1 atom stereocenters. The van der Waals surface area contributed by atoms with Crippen LogP contribution >= 0.6 is 11.3 Å². The van der Waals surface area contributed by atoms with Crippen molar-refractivity contribution in [2.75, 3.05) is 0 Å². The van der Waals surface area contributed by atoms with Gasteiger partial charge in [0.1, 0.15) is 0 Å². The molecule has 1 unspecified atom stereocenters. The van der Waals surface area contributed by atoms with E-state index in [4.69, 9.17) is 0 Å². The van der Waals surface area contributed by atoms with Crippen LogP contribution in [0.25, 0.3) is 0 Å². The Labute approximate surface area is 92.9 Å². The average Bonchev–Trinajstić information content (AvgIpc) is 2.85. The summed E-state index contributed by atoms with van der Waals surface area (Å²) in [6.07, 6.45) is 3.94. The van der Waals surface area contributed by atoms with Gasteiger partial charge in [-0.15, -0.1) is 11.3 Å². The molecule has 0 saturated heterocycles. The lowest BCUT2D eigenvalue weighted by Gasteiger charge is -2.30.